The maximum absolute atomic E-state index is 13.3. The molecule has 1 unspecified atom stereocenters. The summed E-state index contributed by atoms with van der Waals surface area (Å²) < 4.78 is 25.7. The van der Waals surface area contributed by atoms with Gasteiger partial charge >= 0.3 is 0 Å². The van der Waals surface area contributed by atoms with E-state index in [-0.39, 0.29) is 17.9 Å². The average Bonchev–Trinajstić information content (AvgIpc) is 2.75. The van der Waals surface area contributed by atoms with Crippen molar-refractivity contribution in [1.82, 2.24) is 10.2 Å². The van der Waals surface area contributed by atoms with Gasteiger partial charge in [0, 0.05) is 30.2 Å². The maximum atomic E-state index is 13.3. The molecule has 10 nitrogen and oxygen atoms in total. The molecule has 33 heavy (non-hydrogen) atoms. The normalized spacial score (nSPS) is 12.0. The minimum absolute atomic E-state index is 0.0383. The highest BCUT2D eigenvalue weighted by molar-refractivity contribution is 7.92. The number of nitro groups is 1. The Kier molecular flexibility index (Phi) is 8.77. The number of sulfonamides is 1. The highest BCUT2D eigenvalue weighted by atomic mass is 35.5. The predicted molar refractivity (Wildman–Crippen MR) is 125 cm³/mol. The number of halogens is 1. The minimum atomic E-state index is -3.99. The number of nitrogens with one attached hydrogen (secondary N) is 1. The Balaban J connectivity index is 2.44. The lowest BCUT2D eigenvalue weighted by Gasteiger charge is -2.31. The fourth-order valence-electron chi connectivity index (χ4n) is 3.09. The summed E-state index contributed by atoms with van der Waals surface area (Å²) in [5.74, 6) is -1.09. The molecular weight excluding hydrogens is 472 g/mol. The fraction of sp³-hybridized carbons (Fsp3) is 0.333. The van der Waals surface area contributed by atoms with E-state index in [0.29, 0.717) is 17.1 Å². The van der Waals surface area contributed by atoms with E-state index in [1.807, 2.05) is 0 Å². The van der Waals surface area contributed by atoms with Crippen LogP contribution in [0.25, 0.3) is 0 Å². The molecule has 2 rings (SSSR count). The van der Waals surface area contributed by atoms with Crippen molar-refractivity contribution in [2.24, 2.45) is 0 Å². The molecule has 0 aliphatic carbocycles. The van der Waals surface area contributed by atoms with E-state index in [9.17, 15) is 28.1 Å². The first-order valence-corrected chi connectivity index (χ1v) is 12.2. The van der Waals surface area contributed by atoms with Crippen LogP contribution in [-0.2, 0) is 26.2 Å². The second-order valence-electron chi connectivity index (χ2n) is 7.23. The van der Waals surface area contributed by atoms with Gasteiger partial charge in [-0.3, -0.25) is 24.0 Å². The molecule has 2 amide bonds. The molecule has 0 fully saturated rings. The number of nitro benzene ring substituents is 1. The highest BCUT2D eigenvalue weighted by Gasteiger charge is 2.30. The highest BCUT2D eigenvalue weighted by Crippen LogP contribution is 2.24. The Morgan fingerprint density at radius 2 is 1.85 bits per heavy atom. The van der Waals surface area contributed by atoms with Crippen LogP contribution in [0.4, 0.5) is 11.4 Å². The smallest absolute Gasteiger partial charge is 0.271 e. The van der Waals surface area contributed by atoms with E-state index in [2.05, 4.69) is 5.32 Å². The summed E-state index contributed by atoms with van der Waals surface area (Å²) in [4.78, 5) is 37.5. The molecule has 0 spiro atoms. The van der Waals surface area contributed by atoms with Crippen molar-refractivity contribution in [2.75, 3.05) is 23.7 Å². The zero-order valence-electron chi connectivity index (χ0n) is 18.4. The van der Waals surface area contributed by atoms with E-state index in [4.69, 9.17) is 11.6 Å². The Morgan fingerprint density at radius 1 is 1.18 bits per heavy atom. The summed E-state index contributed by atoms with van der Waals surface area (Å²) >= 11 is 6.23. The molecule has 0 aliphatic rings. The largest absolute Gasteiger partial charge is 0.355 e. The number of carbonyl (C=O) groups excluding carboxylic acids is 2. The first kappa shape index (κ1) is 26.1. The molecule has 0 saturated carbocycles. The van der Waals surface area contributed by atoms with Crippen LogP contribution in [0.1, 0.15) is 19.4 Å². The van der Waals surface area contributed by atoms with Crippen LogP contribution in [0.15, 0.2) is 48.5 Å². The number of anilines is 1. The van der Waals surface area contributed by atoms with Gasteiger partial charge in [-0.05, 0) is 31.5 Å². The van der Waals surface area contributed by atoms with Gasteiger partial charge in [0.2, 0.25) is 21.8 Å². The molecule has 0 radical (unpaired) electrons. The lowest BCUT2D eigenvalue weighted by Crippen LogP contribution is -2.51. The van der Waals surface area contributed by atoms with Gasteiger partial charge in [0.1, 0.15) is 12.6 Å². The molecular formula is C21H25ClN4O6S. The average molecular weight is 497 g/mol. The van der Waals surface area contributed by atoms with Crippen molar-refractivity contribution < 1.29 is 22.9 Å². The van der Waals surface area contributed by atoms with Crippen molar-refractivity contribution >= 4 is 44.8 Å². The molecule has 178 valence electrons. The summed E-state index contributed by atoms with van der Waals surface area (Å²) in [7, 11) is -3.99. The topological polar surface area (TPSA) is 130 Å². The molecule has 1 atom stereocenters. The standard InChI is InChI=1S/C21H25ClN4O6S/c1-4-23-21(28)15(2)24(13-16-8-5-6-11-19(16)22)20(27)14-25(33(3,31)32)17-9-7-10-18(12-17)26(29)30/h5-12,15H,4,13-14H2,1-3H3,(H,23,28). The van der Waals surface area contributed by atoms with Crippen LogP contribution in [0, 0.1) is 10.1 Å². The Morgan fingerprint density at radius 3 is 2.42 bits per heavy atom. The number of rotatable bonds is 10. The number of amides is 2. The summed E-state index contributed by atoms with van der Waals surface area (Å²) in [6, 6.07) is 10.8. The number of nitrogens with zero attached hydrogens (tertiary/aromatic N) is 3. The molecule has 0 heterocycles. The molecule has 2 aromatic carbocycles. The van der Waals surface area contributed by atoms with E-state index in [1.165, 1.54) is 30.0 Å². The third-order valence-corrected chi connectivity index (χ3v) is 6.33. The molecule has 0 saturated heterocycles. The van der Waals surface area contributed by atoms with E-state index < -0.39 is 39.3 Å². The van der Waals surface area contributed by atoms with E-state index >= 15 is 0 Å². The lowest BCUT2D eigenvalue weighted by atomic mass is 10.1. The molecule has 1 N–H and O–H groups in total. The quantitative estimate of drug-likeness (QED) is 0.397. The zero-order chi connectivity index (χ0) is 24.8. The van der Waals surface area contributed by atoms with Crippen LogP contribution in [0.5, 0.6) is 0 Å². The maximum Gasteiger partial charge on any atom is 0.271 e. The SMILES string of the molecule is CCNC(=O)C(C)N(Cc1ccccc1Cl)C(=O)CN(c1cccc([N+](=O)[O-])c1)S(C)(=O)=O. The number of carbonyl (C=O) groups is 2. The Bertz CT molecular complexity index is 1140. The second-order valence-corrected chi connectivity index (χ2v) is 9.54. The third-order valence-electron chi connectivity index (χ3n) is 4.82. The number of benzene rings is 2. The van der Waals surface area contributed by atoms with Gasteiger partial charge in [-0.25, -0.2) is 8.42 Å². The van der Waals surface area contributed by atoms with Crippen molar-refractivity contribution in [3.63, 3.8) is 0 Å². The first-order chi connectivity index (χ1) is 15.5. The van der Waals surface area contributed by atoms with E-state index in [1.54, 1.807) is 31.2 Å². The van der Waals surface area contributed by atoms with Crippen LogP contribution in [-0.4, -0.2) is 55.4 Å². The van der Waals surface area contributed by atoms with Gasteiger partial charge in [-0.1, -0.05) is 35.9 Å². The zero-order valence-corrected chi connectivity index (χ0v) is 20.0. The van der Waals surface area contributed by atoms with Crippen LogP contribution >= 0.6 is 11.6 Å². The fourth-order valence-corrected chi connectivity index (χ4v) is 4.13. The molecule has 2 aromatic rings. The summed E-state index contributed by atoms with van der Waals surface area (Å²) in [6.45, 7) is 2.91. The third kappa shape index (κ3) is 6.90. The van der Waals surface area contributed by atoms with Crippen LogP contribution < -0.4 is 9.62 Å². The Labute approximate surface area is 197 Å². The van der Waals surface area contributed by atoms with Gasteiger partial charge in [-0.2, -0.15) is 0 Å². The Hall–Kier alpha value is -3.18. The van der Waals surface area contributed by atoms with Crippen molar-refractivity contribution in [3.05, 3.63) is 69.2 Å². The second kappa shape index (κ2) is 11.1. The van der Waals surface area contributed by atoms with Gasteiger partial charge in [0.05, 0.1) is 16.9 Å². The van der Waals surface area contributed by atoms with E-state index in [0.717, 1.165) is 16.6 Å². The summed E-state index contributed by atoms with van der Waals surface area (Å²) in [5, 5.41) is 14.2. The molecule has 0 aliphatic heterocycles. The first-order valence-electron chi connectivity index (χ1n) is 9.98. The molecule has 0 bridgehead atoms. The van der Waals surface area contributed by atoms with Crippen LogP contribution in [0.2, 0.25) is 5.02 Å². The van der Waals surface area contributed by atoms with Crippen molar-refractivity contribution in [3.8, 4) is 0 Å². The monoisotopic (exact) mass is 496 g/mol. The van der Waals surface area contributed by atoms with Crippen molar-refractivity contribution in [2.45, 2.75) is 26.4 Å². The van der Waals surface area contributed by atoms with Gasteiger partial charge < -0.3 is 10.2 Å². The number of likely N-dealkylation sites (N-methyl/N-ethyl adjacent to an activating group) is 1. The van der Waals surface area contributed by atoms with Gasteiger partial charge in [0.15, 0.2) is 0 Å². The lowest BCUT2D eigenvalue weighted by molar-refractivity contribution is -0.384. The minimum Gasteiger partial charge on any atom is -0.355 e. The van der Waals surface area contributed by atoms with Gasteiger partial charge in [0.25, 0.3) is 5.69 Å². The molecule has 12 heteroatoms. The van der Waals surface area contributed by atoms with Gasteiger partial charge in [-0.15, -0.1) is 0 Å². The van der Waals surface area contributed by atoms with Crippen LogP contribution in [0.3, 0.4) is 0 Å². The van der Waals surface area contributed by atoms with Crippen molar-refractivity contribution in [1.29, 1.82) is 0 Å². The summed E-state index contributed by atoms with van der Waals surface area (Å²) in [6.07, 6.45) is 0.894. The predicted octanol–water partition coefficient (Wildman–Crippen LogP) is 2.57. The number of hydrogen-bond donors (Lipinski definition) is 1. The summed E-state index contributed by atoms with van der Waals surface area (Å²) in [5.41, 5.74) is 0.213. The number of non-ortho nitro benzene ring substituents is 1. The number of hydrogen-bond acceptors (Lipinski definition) is 6. The molecule has 0 aromatic heterocycles.